The average molecular weight is 376 g/mol. The summed E-state index contributed by atoms with van der Waals surface area (Å²) in [6, 6.07) is 2.35. The van der Waals surface area contributed by atoms with Crippen LogP contribution in [0.4, 0.5) is 11.4 Å². The topological polar surface area (TPSA) is 77.2 Å². The van der Waals surface area contributed by atoms with Gasteiger partial charge in [0.1, 0.15) is 9.71 Å². The predicted molar refractivity (Wildman–Crippen MR) is 109 cm³/mol. The van der Waals surface area contributed by atoms with Crippen molar-refractivity contribution in [1.82, 2.24) is 4.98 Å². The monoisotopic (exact) mass is 376 g/mol. The van der Waals surface area contributed by atoms with Gasteiger partial charge in [-0.1, -0.05) is 31.5 Å². The van der Waals surface area contributed by atoms with Crippen molar-refractivity contribution in [2.75, 3.05) is 18.2 Å². The Balaban J connectivity index is 1.81. The molecule has 0 saturated heterocycles. The Morgan fingerprint density at radius 3 is 2.76 bits per heavy atom. The summed E-state index contributed by atoms with van der Waals surface area (Å²) in [6.07, 6.45) is 8.75. The molecule has 0 spiro atoms. The van der Waals surface area contributed by atoms with Crippen LogP contribution >= 0.6 is 23.8 Å². The molecular weight excluding hydrogens is 353 g/mol. The summed E-state index contributed by atoms with van der Waals surface area (Å²) in [4.78, 5) is 17.4. The first-order valence-corrected chi connectivity index (χ1v) is 9.96. The number of nitrogens with zero attached hydrogens (tertiary/aromatic N) is 1. The van der Waals surface area contributed by atoms with Gasteiger partial charge in [0.05, 0.1) is 18.2 Å². The van der Waals surface area contributed by atoms with E-state index < -0.39 is 5.97 Å². The second-order valence-corrected chi connectivity index (χ2v) is 7.78. The van der Waals surface area contributed by atoms with Crippen LogP contribution in [0, 0.1) is 0 Å². The first kappa shape index (κ1) is 18.4. The molecule has 25 heavy (non-hydrogen) atoms. The molecule has 3 rings (SSSR count). The van der Waals surface area contributed by atoms with Crippen LogP contribution < -0.4 is 11.1 Å². The Labute approximate surface area is 158 Å². The van der Waals surface area contributed by atoms with Gasteiger partial charge in [-0.3, -0.25) is 0 Å². The van der Waals surface area contributed by atoms with Gasteiger partial charge in [-0.2, -0.15) is 0 Å². The number of carbonyl (C=O) groups is 1. The first-order valence-electron chi connectivity index (χ1n) is 8.63. The highest BCUT2D eigenvalue weighted by Gasteiger charge is 2.22. The highest BCUT2D eigenvalue weighted by Crippen LogP contribution is 2.38. The Kier molecular flexibility index (Phi) is 6.12. The largest absolute Gasteiger partial charge is 0.465 e. The molecule has 5 nitrogen and oxygen atoms in total. The van der Waals surface area contributed by atoms with E-state index in [9.17, 15) is 4.79 Å². The van der Waals surface area contributed by atoms with Crippen LogP contribution in [0.15, 0.2) is 12.3 Å². The Hall–Kier alpha value is -1.41. The second kappa shape index (κ2) is 8.32. The first-order chi connectivity index (χ1) is 12.1. The molecule has 0 amide bonds. The number of hydrogen-bond acceptors (Lipinski definition) is 7. The molecule has 2 aromatic rings. The van der Waals surface area contributed by atoms with Crippen LogP contribution in [0.25, 0.3) is 10.2 Å². The molecule has 0 aromatic carbocycles. The molecule has 0 aliphatic heterocycles. The summed E-state index contributed by atoms with van der Waals surface area (Å²) >= 11 is 5.61. The third-order valence-corrected chi connectivity index (χ3v) is 6.34. The zero-order valence-corrected chi connectivity index (χ0v) is 16.0. The lowest BCUT2D eigenvalue weighted by Crippen LogP contribution is -2.22. The number of pyridine rings is 1. The summed E-state index contributed by atoms with van der Waals surface area (Å²) in [5.74, 6) is 0.221. The van der Waals surface area contributed by atoms with Crippen molar-refractivity contribution in [3.63, 3.8) is 0 Å². The fourth-order valence-corrected chi connectivity index (χ4v) is 4.77. The number of thiol groups is 1. The van der Waals surface area contributed by atoms with Crippen molar-refractivity contribution in [2.45, 2.75) is 50.4 Å². The van der Waals surface area contributed by atoms with Crippen LogP contribution in [0.1, 0.15) is 48.2 Å². The molecule has 3 N–H and O–H groups in total. The Bertz CT molecular complexity index is 743. The number of fused-ring (bicyclic) bond motifs is 1. The molecule has 8 heteroatoms. The van der Waals surface area contributed by atoms with Gasteiger partial charge in [0.15, 0.2) is 6.56 Å². The fraction of sp³-hybridized carbons (Fsp3) is 0.529. The number of rotatable bonds is 4. The smallest absolute Gasteiger partial charge is 0.350 e. The van der Waals surface area contributed by atoms with E-state index in [0.29, 0.717) is 22.4 Å². The number of ether oxygens (including phenoxy) is 1. The van der Waals surface area contributed by atoms with Gasteiger partial charge in [-0.15, -0.1) is 11.3 Å². The molecule has 2 heterocycles. The average Bonchev–Trinajstić information content (AvgIpc) is 2.94. The maximum atomic E-state index is 11.9. The Morgan fingerprint density at radius 2 is 2.12 bits per heavy atom. The van der Waals surface area contributed by atoms with Crippen LogP contribution in [0.5, 0.6) is 0 Å². The van der Waals surface area contributed by atoms with Gasteiger partial charge < -0.3 is 15.8 Å². The summed E-state index contributed by atoms with van der Waals surface area (Å²) in [5.41, 5.74) is 7.64. The van der Waals surface area contributed by atoms with Crippen molar-refractivity contribution in [2.24, 2.45) is 0 Å². The van der Waals surface area contributed by atoms with Gasteiger partial charge in [-0.05, 0) is 18.9 Å². The number of nitrogens with two attached hydrogens (primary N) is 1. The molecule has 0 atom stereocenters. The molecular formula is C17H23BN3O2S2. The summed E-state index contributed by atoms with van der Waals surface area (Å²) in [6.45, 7) is 2.04. The number of thiophene rings is 1. The lowest BCUT2D eigenvalue weighted by Gasteiger charge is -2.25. The Morgan fingerprint density at radius 1 is 1.40 bits per heavy atom. The number of nitrogens with one attached hydrogen (secondary N) is 1. The van der Waals surface area contributed by atoms with Gasteiger partial charge in [0.2, 0.25) is 0 Å². The minimum atomic E-state index is -0.411. The molecule has 1 aliphatic rings. The zero-order valence-electron chi connectivity index (χ0n) is 14.3. The van der Waals surface area contributed by atoms with Gasteiger partial charge in [0, 0.05) is 17.9 Å². The van der Waals surface area contributed by atoms with E-state index in [1.54, 1.807) is 6.20 Å². The molecule has 1 saturated carbocycles. The zero-order chi connectivity index (χ0) is 17.8. The van der Waals surface area contributed by atoms with E-state index in [1.807, 2.05) is 12.6 Å². The number of aromatic nitrogens is 1. The van der Waals surface area contributed by atoms with E-state index in [4.69, 9.17) is 10.5 Å². The van der Waals surface area contributed by atoms with Crippen molar-refractivity contribution < 1.29 is 9.53 Å². The number of hydrogen-bond donors (Lipinski definition) is 3. The molecule has 1 radical (unpaired) electrons. The highest BCUT2D eigenvalue weighted by molar-refractivity contribution is 8.07. The lowest BCUT2D eigenvalue weighted by atomic mass is 9.75. The minimum Gasteiger partial charge on any atom is -0.465 e. The fourth-order valence-electron chi connectivity index (χ4n) is 3.46. The molecule has 133 valence electrons. The maximum absolute atomic E-state index is 11.9. The van der Waals surface area contributed by atoms with Gasteiger partial charge in [-0.25, -0.2) is 22.3 Å². The van der Waals surface area contributed by atoms with Crippen molar-refractivity contribution in [3.8, 4) is 0 Å². The minimum absolute atomic E-state index is 0.410. The normalized spacial score (nSPS) is 21.4. The SMILES string of the molecule is COC(=O)c1sc2nccc(NC3CCCC([B]S)CCC3)c2c1N. The summed E-state index contributed by atoms with van der Waals surface area (Å²) in [7, 11) is 1.36. The summed E-state index contributed by atoms with van der Waals surface area (Å²) in [5, 5.41) is 4.47. The van der Waals surface area contributed by atoms with E-state index in [0.717, 1.165) is 28.7 Å². The second-order valence-electron chi connectivity index (χ2n) is 6.49. The molecule has 1 fully saturated rings. The standard InChI is InChI=1S/C17H23BN3O2S2/c1-23-17(22)15-14(19)13-12(8-9-20-16(13)25-15)21-11-6-2-4-10(18-24)5-3-7-11/h8-11,24H,2-7,19H2,1H3,(H,20,21). The third kappa shape index (κ3) is 4.06. The number of nitrogen functional groups attached to an aromatic ring is 1. The maximum Gasteiger partial charge on any atom is 0.350 e. The number of methoxy groups -OCH3 is 1. The van der Waals surface area contributed by atoms with Crippen molar-refractivity contribution in [3.05, 3.63) is 17.1 Å². The molecule has 2 aromatic heterocycles. The third-order valence-electron chi connectivity index (χ3n) is 4.83. The van der Waals surface area contributed by atoms with Crippen LogP contribution in [-0.4, -0.2) is 30.7 Å². The van der Waals surface area contributed by atoms with Gasteiger partial charge >= 0.3 is 5.97 Å². The van der Waals surface area contributed by atoms with Gasteiger partial charge in [0.25, 0.3) is 0 Å². The van der Waals surface area contributed by atoms with E-state index in [-0.39, 0.29) is 0 Å². The van der Waals surface area contributed by atoms with Crippen LogP contribution in [-0.2, 0) is 4.74 Å². The lowest BCUT2D eigenvalue weighted by molar-refractivity contribution is 0.0607. The number of esters is 1. The van der Waals surface area contributed by atoms with E-state index >= 15 is 0 Å². The molecule has 1 aliphatic carbocycles. The predicted octanol–water partition coefficient (Wildman–Crippen LogP) is 4.14. The van der Waals surface area contributed by atoms with Crippen LogP contribution in [0.2, 0.25) is 5.82 Å². The van der Waals surface area contributed by atoms with Crippen molar-refractivity contribution >= 4 is 57.9 Å². The quantitative estimate of drug-likeness (QED) is 0.425. The molecule has 0 bridgehead atoms. The van der Waals surface area contributed by atoms with Crippen molar-refractivity contribution in [1.29, 1.82) is 0 Å². The van der Waals surface area contributed by atoms with E-state index in [2.05, 4.69) is 22.8 Å². The number of carbonyl (C=O) groups excluding carboxylic acids is 1. The van der Waals surface area contributed by atoms with Crippen LogP contribution in [0.3, 0.4) is 0 Å². The number of anilines is 2. The highest BCUT2D eigenvalue weighted by atomic mass is 32.1. The van der Waals surface area contributed by atoms with E-state index in [1.165, 1.54) is 44.1 Å². The summed E-state index contributed by atoms with van der Waals surface area (Å²) < 4.78 is 4.82. The molecule has 0 unspecified atom stereocenters.